The van der Waals surface area contributed by atoms with E-state index in [4.69, 9.17) is 15.8 Å². The number of hydrogen-bond donors (Lipinski definition) is 2. The van der Waals surface area contributed by atoms with Crippen molar-refractivity contribution in [2.45, 2.75) is 0 Å². The summed E-state index contributed by atoms with van der Waals surface area (Å²) < 4.78 is 29.0. The Balaban J connectivity index is 3.12. The highest BCUT2D eigenvalue weighted by Gasteiger charge is 2.16. The zero-order valence-electron chi connectivity index (χ0n) is 6.45. The standard InChI is InChI=1S/C6H7N3O3S/c7-5-1-3-6(4-2-5)9(8)13(10,11)12/h1-4H,7H2,(H,10,11,12). The SMILES string of the molecule is [N-]=[N+](c1ccc(N)cc1)S(=O)(=O)O. The van der Waals surface area contributed by atoms with Gasteiger partial charge in [-0.05, 0) is 12.1 Å². The Morgan fingerprint density at radius 2 is 1.77 bits per heavy atom. The zero-order valence-corrected chi connectivity index (χ0v) is 7.27. The van der Waals surface area contributed by atoms with Gasteiger partial charge in [0, 0.05) is 17.8 Å². The number of nitrogens with two attached hydrogens (primary N) is 1. The molecule has 1 rings (SSSR count). The minimum absolute atomic E-state index is 0.0864. The van der Waals surface area contributed by atoms with Crippen LogP contribution in [0.1, 0.15) is 0 Å². The van der Waals surface area contributed by atoms with Crippen molar-refractivity contribution < 1.29 is 17.1 Å². The highest BCUT2D eigenvalue weighted by molar-refractivity contribution is 7.79. The van der Waals surface area contributed by atoms with E-state index in [1.807, 2.05) is 0 Å². The number of nitrogens with zero attached hydrogens (tertiary/aromatic N) is 2. The smallest absolute Gasteiger partial charge is 0.478 e. The summed E-state index contributed by atoms with van der Waals surface area (Å²) in [5, 5.41) is 0. The molecular formula is C6H7N3O3S. The van der Waals surface area contributed by atoms with E-state index in [0.29, 0.717) is 5.69 Å². The van der Waals surface area contributed by atoms with Gasteiger partial charge in [0.25, 0.3) is 0 Å². The molecule has 1 aromatic rings. The first-order chi connectivity index (χ1) is 5.91. The van der Waals surface area contributed by atoms with E-state index in [0.717, 1.165) is 0 Å². The lowest BCUT2D eigenvalue weighted by Crippen LogP contribution is -2.10. The van der Waals surface area contributed by atoms with Crippen LogP contribution in [0.5, 0.6) is 0 Å². The van der Waals surface area contributed by atoms with E-state index in [9.17, 15) is 8.42 Å². The third-order valence-electron chi connectivity index (χ3n) is 1.33. The quantitative estimate of drug-likeness (QED) is 0.318. The van der Waals surface area contributed by atoms with E-state index in [1.54, 1.807) is 0 Å². The maximum atomic E-state index is 10.4. The van der Waals surface area contributed by atoms with E-state index in [1.165, 1.54) is 24.3 Å². The number of rotatable bonds is 2. The summed E-state index contributed by atoms with van der Waals surface area (Å²) >= 11 is 0. The molecule has 3 N–H and O–H groups in total. The van der Waals surface area contributed by atoms with Crippen molar-refractivity contribution in [1.29, 1.82) is 0 Å². The van der Waals surface area contributed by atoms with Crippen molar-refractivity contribution in [3.8, 4) is 0 Å². The van der Waals surface area contributed by atoms with Gasteiger partial charge in [0.15, 0.2) is 0 Å². The molecule has 0 fully saturated rings. The van der Waals surface area contributed by atoms with Crippen LogP contribution < -0.4 is 5.73 Å². The van der Waals surface area contributed by atoms with Crippen molar-refractivity contribution in [3.05, 3.63) is 29.8 Å². The van der Waals surface area contributed by atoms with E-state index < -0.39 is 10.3 Å². The average molecular weight is 201 g/mol. The third-order valence-corrected chi connectivity index (χ3v) is 1.98. The Bertz CT molecular complexity index is 423. The Kier molecular flexibility index (Phi) is 2.30. The number of hydrogen-bond acceptors (Lipinski definition) is 3. The van der Waals surface area contributed by atoms with Crippen molar-refractivity contribution in [2.75, 3.05) is 5.73 Å². The Hall–Kier alpha value is -1.47. The molecule has 13 heavy (non-hydrogen) atoms. The Labute approximate surface area is 75.0 Å². The second-order valence-electron chi connectivity index (χ2n) is 2.31. The molecule has 0 saturated heterocycles. The van der Waals surface area contributed by atoms with E-state index in [-0.39, 0.29) is 9.79 Å². The second kappa shape index (κ2) is 3.11. The lowest BCUT2D eigenvalue weighted by Gasteiger charge is -2.00. The topological polar surface area (TPSA) is 106 Å². The van der Waals surface area contributed by atoms with Crippen LogP contribution in [0.2, 0.25) is 0 Å². The maximum absolute atomic E-state index is 10.4. The summed E-state index contributed by atoms with van der Waals surface area (Å²) in [7, 11) is -4.62. The lowest BCUT2D eigenvalue weighted by atomic mass is 10.3. The molecule has 0 aliphatic rings. The van der Waals surface area contributed by atoms with Gasteiger partial charge < -0.3 is 11.3 Å². The van der Waals surface area contributed by atoms with Crippen LogP contribution in [0.4, 0.5) is 11.4 Å². The van der Waals surface area contributed by atoms with Gasteiger partial charge in [-0.3, -0.25) is 0 Å². The van der Waals surface area contributed by atoms with Crippen molar-refractivity contribution >= 4 is 21.7 Å². The molecule has 0 saturated carbocycles. The first-order valence-corrected chi connectivity index (χ1v) is 4.63. The van der Waals surface area contributed by atoms with Crippen LogP contribution in [-0.4, -0.2) is 17.1 Å². The van der Waals surface area contributed by atoms with Crippen molar-refractivity contribution in [1.82, 2.24) is 0 Å². The average Bonchev–Trinajstić information content (AvgIpc) is 2.03. The van der Waals surface area contributed by atoms with Gasteiger partial charge in [0.1, 0.15) is 0 Å². The molecule has 0 aromatic heterocycles. The highest BCUT2D eigenvalue weighted by atomic mass is 32.2. The summed E-state index contributed by atoms with van der Waals surface area (Å²) in [6, 6.07) is 5.29. The molecule has 70 valence electrons. The van der Waals surface area contributed by atoms with Gasteiger partial charge in [0.05, 0.1) is 0 Å². The zero-order chi connectivity index (χ0) is 10.1. The molecule has 0 radical (unpaired) electrons. The molecule has 0 aliphatic heterocycles. The van der Waals surface area contributed by atoms with Crippen LogP contribution in [-0.2, 0) is 10.3 Å². The molecule has 6 nitrogen and oxygen atoms in total. The molecule has 0 aliphatic carbocycles. The molecule has 0 atom stereocenters. The predicted octanol–water partition coefficient (Wildman–Crippen LogP) is 0.737. The fraction of sp³-hybridized carbons (Fsp3) is 0. The summed E-state index contributed by atoms with van der Waals surface area (Å²) in [5.74, 6) is 0. The summed E-state index contributed by atoms with van der Waals surface area (Å²) in [4.78, 5) is 0. The molecule has 0 amide bonds. The second-order valence-corrected chi connectivity index (χ2v) is 3.55. The molecule has 0 bridgehead atoms. The summed E-state index contributed by atoms with van der Waals surface area (Å²) in [6.07, 6.45) is 0. The fourth-order valence-corrected chi connectivity index (χ4v) is 1.12. The van der Waals surface area contributed by atoms with E-state index in [2.05, 4.69) is 0 Å². The van der Waals surface area contributed by atoms with Gasteiger partial charge in [-0.15, -0.1) is 12.5 Å². The van der Waals surface area contributed by atoms with Crippen LogP contribution in [0.3, 0.4) is 0 Å². The van der Waals surface area contributed by atoms with Gasteiger partial charge in [-0.25, -0.2) is 4.55 Å². The minimum Gasteiger partial charge on any atom is -0.478 e. The Morgan fingerprint density at radius 3 is 2.15 bits per heavy atom. The van der Waals surface area contributed by atoms with Crippen LogP contribution in [0.25, 0.3) is 5.53 Å². The number of anilines is 1. The molecule has 0 unspecified atom stereocenters. The lowest BCUT2D eigenvalue weighted by molar-refractivity contribution is -0.298. The molecular weight excluding hydrogens is 194 g/mol. The van der Waals surface area contributed by atoms with Gasteiger partial charge >= 0.3 is 10.3 Å². The summed E-state index contributed by atoms with van der Waals surface area (Å²) in [5.41, 5.74) is 14.6. The Morgan fingerprint density at radius 1 is 1.31 bits per heavy atom. The predicted molar refractivity (Wildman–Crippen MR) is 45.7 cm³/mol. The largest absolute Gasteiger partial charge is 0.501 e. The van der Waals surface area contributed by atoms with E-state index >= 15 is 0 Å². The number of nitrogen functional groups attached to an aromatic ring is 1. The highest BCUT2D eigenvalue weighted by Crippen LogP contribution is 2.15. The van der Waals surface area contributed by atoms with Crippen LogP contribution >= 0.6 is 0 Å². The first-order valence-electron chi connectivity index (χ1n) is 3.23. The monoisotopic (exact) mass is 201 g/mol. The number of benzene rings is 1. The first kappa shape index (κ1) is 9.62. The van der Waals surface area contributed by atoms with Crippen molar-refractivity contribution in [3.63, 3.8) is 0 Å². The van der Waals surface area contributed by atoms with Crippen LogP contribution in [0, 0.1) is 0 Å². The molecule has 0 spiro atoms. The fourth-order valence-electron chi connectivity index (χ4n) is 0.735. The summed E-state index contributed by atoms with van der Waals surface area (Å²) in [6.45, 7) is 0. The third kappa shape index (κ3) is 2.23. The normalized spacial score (nSPS) is 11.2. The minimum atomic E-state index is -4.62. The van der Waals surface area contributed by atoms with Gasteiger partial charge in [-0.1, -0.05) is 0 Å². The van der Waals surface area contributed by atoms with Gasteiger partial charge in [-0.2, -0.15) is 0 Å². The molecule has 7 heteroatoms. The maximum Gasteiger partial charge on any atom is 0.501 e. The molecule has 1 aromatic carbocycles. The van der Waals surface area contributed by atoms with Crippen LogP contribution in [0.15, 0.2) is 24.3 Å². The van der Waals surface area contributed by atoms with Gasteiger partial charge in [0.2, 0.25) is 5.69 Å². The molecule has 0 heterocycles. The van der Waals surface area contributed by atoms with Crippen molar-refractivity contribution in [2.24, 2.45) is 0 Å².